The molecule has 0 fully saturated rings. The Bertz CT molecular complexity index is 481. The van der Waals surface area contributed by atoms with Crippen molar-refractivity contribution in [1.82, 2.24) is 5.32 Å². The standard InChI is InChI=1S/C14H19NOS/c1-9(2)15-13-8-17(16)14-7-11-5-3-4-10(11)6-12(13)14/h6-7,9,13,15H,3-5,8H2,1-2H3. The maximum absolute atomic E-state index is 12.1. The van der Waals surface area contributed by atoms with Crippen molar-refractivity contribution in [2.24, 2.45) is 0 Å². The van der Waals surface area contributed by atoms with Crippen LogP contribution in [0.2, 0.25) is 0 Å². The molecule has 3 rings (SSSR count). The van der Waals surface area contributed by atoms with E-state index in [0.717, 1.165) is 10.6 Å². The predicted molar refractivity (Wildman–Crippen MR) is 70.8 cm³/mol. The first-order valence-corrected chi connectivity index (χ1v) is 7.77. The van der Waals surface area contributed by atoms with Crippen LogP contribution in [0.3, 0.4) is 0 Å². The molecule has 0 radical (unpaired) electrons. The van der Waals surface area contributed by atoms with Gasteiger partial charge in [0.15, 0.2) is 0 Å². The summed E-state index contributed by atoms with van der Waals surface area (Å²) in [6.07, 6.45) is 3.62. The molecule has 1 aromatic rings. The normalized spacial score (nSPS) is 26.3. The SMILES string of the molecule is CC(C)NC1CS(=O)c2cc3c(cc21)CCC3. The second-order valence-corrected chi connectivity index (χ2v) is 6.86. The predicted octanol–water partition coefficient (Wildman–Crippen LogP) is 2.34. The van der Waals surface area contributed by atoms with Crippen molar-refractivity contribution in [3.8, 4) is 0 Å². The molecule has 0 aromatic heterocycles. The molecule has 0 amide bonds. The van der Waals surface area contributed by atoms with Crippen molar-refractivity contribution in [3.05, 3.63) is 28.8 Å². The molecule has 2 unspecified atom stereocenters. The van der Waals surface area contributed by atoms with Crippen LogP contribution in [0.25, 0.3) is 0 Å². The molecule has 0 spiro atoms. The highest BCUT2D eigenvalue weighted by atomic mass is 32.2. The maximum atomic E-state index is 12.1. The van der Waals surface area contributed by atoms with E-state index in [-0.39, 0.29) is 6.04 Å². The van der Waals surface area contributed by atoms with E-state index in [4.69, 9.17) is 0 Å². The van der Waals surface area contributed by atoms with E-state index >= 15 is 0 Å². The lowest BCUT2D eigenvalue weighted by molar-refractivity contribution is 0.511. The Morgan fingerprint density at radius 1 is 1.29 bits per heavy atom. The van der Waals surface area contributed by atoms with E-state index in [0.29, 0.717) is 6.04 Å². The van der Waals surface area contributed by atoms with Gasteiger partial charge in [0.1, 0.15) is 0 Å². The summed E-state index contributed by atoms with van der Waals surface area (Å²) in [4.78, 5) is 1.09. The van der Waals surface area contributed by atoms with E-state index < -0.39 is 10.8 Å². The molecule has 0 bridgehead atoms. The van der Waals surface area contributed by atoms with Crippen LogP contribution in [-0.4, -0.2) is 16.0 Å². The van der Waals surface area contributed by atoms with E-state index in [1.807, 2.05) is 0 Å². The third-order valence-corrected chi connectivity index (χ3v) is 5.18. The molecule has 1 aliphatic heterocycles. The molecule has 2 aliphatic rings. The van der Waals surface area contributed by atoms with Gasteiger partial charge in [-0.25, -0.2) is 0 Å². The van der Waals surface area contributed by atoms with Crippen LogP contribution >= 0.6 is 0 Å². The number of benzene rings is 1. The quantitative estimate of drug-likeness (QED) is 0.871. The number of hydrogen-bond acceptors (Lipinski definition) is 2. The fourth-order valence-electron chi connectivity index (χ4n) is 2.96. The van der Waals surface area contributed by atoms with Gasteiger partial charge in [-0.2, -0.15) is 0 Å². The summed E-state index contributed by atoms with van der Waals surface area (Å²) in [5, 5.41) is 3.53. The summed E-state index contributed by atoms with van der Waals surface area (Å²) in [7, 11) is -0.799. The van der Waals surface area contributed by atoms with Gasteiger partial charge < -0.3 is 5.32 Å². The molecule has 2 atom stereocenters. The second-order valence-electron chi connectivity index (χ2n) is 5.40. The maximum Gasteiger partial charge on any atom is 0.0552 e. The molecule has 1 N–H and O–H groups in total. The van der Waals surface area contributed by atoms with Crippen LogP contribution in [0.1, 0.15) is 43.0 Å². The third-order valence-electron chi connectivity index (χ3n) is 3.70. The van der Waals surface area contributed by atoms with Gasteiger partial charge in [-0.1, -0.05) is 19.9 Å². The Balaban J connectivity index is 2.01. The van der Waals surface area contributed by atoms with Gasteiger partial charge >= 0.3 is 0 Å². The van der Waals surface area contributed by atoms with Gasteiger partial charge in [0.05, 0.1) is 10.8 Å². The van der Waals surface area contributed by atoms with E-state index in [1.165, 1.54) is 36.0 Å². The largest absolute Gasteiger partial charge is 0.307 e. The summed E-state index contributed by atoms with van der Waals surface area (Å²) in [6.45, 7) is 4.29. The lowest BCUT2D eigenvalue weighted by atomic mass is 10.0. The summed E-state index contributed by atoms with van der Waals surface area (Å²) in [5.74, 6) is 0.746. The van der Waals surface area contributed by atoms with Gasteiger partial charge in [-0.15, -0.1) is 0 Å². The number of rotatable bonds is 2. The van der Waals surface area contributed by atoms with Crippen molar-refractivity contribution >= 4 is 10.8 Å². The summed E-state index contributed by atoms with van der Waals surface area (Å²) >= 11 is 0. The molecule has 0 saturated heterocycles. The lowest BCUT2D eigenvalue weighted by Crippen LogP contribution is -2.28. The first-order valence-electron chi connectivity index (χ1n) is 6.45. The van der Waals surface area contributed by atoms with Crippen molar-refractivity contribution in [2.45, 2.75) is 50.1 Å². The molecule has 1 heterocycles. The highest BCUT2D eigenvalue weighted by Crippen LogP contribution is 2.36. The Kier molecular flexibility index (Phi) is 2.83. The Morgan fingerprint density at radius 2 is 2.00 bits per heavy atom. The van der Waals surface area contributed by atoms with E-state index in [9.17, 15) is 4.21 Å². The molecule has 92 valence electrons. The highest BCUT2D eigenvalue weighted by Gasteiger charge is 2.30. The molecular formula is C14H19NOS. The second kappa shape index (κ2) is 4.21. The zero-order chi connectivity index (χ0) is 12.0. The average Bonchev–Trinajstić information content (AvgIpc) is 2.82. The fraction of sp³-hybridized carbons (Fsp3) is 0.571. The first-order chi connectivity index (χ1) is 8.15. The van der Waals surface area contributed by atoms with Gasteiger partial charge in [-0.05, 0) is 42.0 Å². The summed E-state index contributed by atoms with van der Waals surface area (Å²) in [5.41, 5.74) is 4.21. The molecular weight excluding hydrogens is 230 g/mol. The first kappa shape index (κ1) is 11.4. The highest BCUT2D eigenvalue weighted by molar-refractivity contribution is 7.85. The summed E-state index contributed by atoms with van der Waals surface area (Å²) < 4.78 is 12.1. The smallest absolute Gasteiger partial charge is 0.0552 e. The number of fused-ring (bicyclic) bond motifs is 2. The van der Waals surface area contributed by atoms with Crippen LogP contribution in [0.5, 0.6) is 0 Å². The average molecular weight is 249 g/mol. The van der Waals surface area contributed by atoms with Gasteiger partial charge in [0.25, 0.3) is 0 Å². The molecule has 3 heteroatoms. The molecule has 1 aliphatic carbocycles. The Labute approximate surface area is 105 Å². The van der Waals surface area contributed by atoms with E-state index in [2.05, 4.69) is 31.3 Å². The van der Waals surface area contributed by atoms with Gasteiger partial charge in [0, 0.05) is 22.7 Å². The van der Waals surface area contributed by atoms with E-state index in [1.54, 1.807) is 0 Å². The van der Waals surface area contributed by atoms with Crippen molar-refractivity contribution in [2.75, 3.05) is 5.75 Å². The van der Waals surface area contributed by atoms with Crippen molar-refractivity contribution in [1.29, 1.82) is 0 Å². The fourth-order valence-corrected chi connectivity index (χ4v) is 4.46. The molecule has 1 aromatic carbocycles. The molecule has 0 saturated carbocycles. The Hall–Kier alpha value is -0.670. The van der Waals surface area contributed by atoms with Gasteiger partial charge in [0.2, 0.25) is 0 Å². The minimum absolute atomic E-state index is 0.289. The minimum atomic E-state index is -0.799. The zero-order valence-electron chi connectivity index (χ0n) is 10.5. The third kappa shape index (κ3) is 1.95. The van der Waals surface area contributed by atoms with Crippen LogP contribution in [0, 0.1) is 0 Å². The Morgan fingerprint density at radius 3 is 2.71 bits per heavy atom. The molecule has 17 heavy (non-hydrogen) atoms. The lowest BCUT2D eigenvalue weighted by Gasteiger charge is -2.16. The van der Waals surface area contributed by atoms with Gasteiger partial charge in [-0.3, -0.25) is 4.21 Å². The van der Waals surface area contributed by atoms with Crippen LogP contribution in [0.4, 0.5) is 0 Å². The van der Waals surface area contributed by atoms with Crippen LogP contribution in [0.15, 0.2) is 17.0 Å². The molecule has 2 nitrogen and oxygen atoms in total. The topological polar surface area (TPSA) is 29.1 Å². The van der Waals surface area contributed by atoms with Crippen LogP contribution < -0.4 is 5.32 Å². The number of aryl methyl sites for hydroxylation is 2. The summed E-state index contributed by atoms with van der Waals surface area (Å²) in [6, 6.07) is 5.24. The monoisotopic (exact) mass is 249 g/mol. The van der Waals surface area contributed by atoms with Crippen molar-refractivity contribution in [3.63, 3.8) is 0 Å². The number of nitrogens with one attached hydrogen (secondary N) is 1. The van der Waals surface area contributed by atoms with Crippen LogP contribution in [-0.2, 0) is 23.6 Å². The zero-order valence-corrected chi connectivity index (χ0v) is 11.3. The number of hydrogen-bond donors (Lipinski definition) is 1. The minimum Gasteiger partial charge on any atom is -0.307 e. The van der Waals surface area contributed by atoms with Crippen molar-refractivity contribution < 1.29 is 4.21 Å².